The molecule has 34 heavy (non-hydrogen) atoms. The van der Waals surface area contributed by atoms with E-state index in [0.29, 0.717) is 42.9 Å². The predicted octanol–water partition coefficient (Wildman–Crippen LogP) is 2.73. The van der Waals surface area contributed by atoms with Gasteiger partial charge in [-0.1, -0.05) is 32.4 Å². The lowest BCUT2D eigenvalue weighted by Gasteiger charge is -2.37. The molecular formula is C25H34ClN3O5. The molecule has 2 unspecified atom stereocenters. The number of nitrogens with one attached hydrogen (secondary N) is 2. The summed E-state index contributed by atoms with van der Waals surface area (Å²) in [5.41, 5.74) is -1.33. The SMILES string of the molecule is CCCNC(=O)[C@@H]1[C@H]2C(=O)N([C@@H](CC)CO)C(C(=O)Nc3ccc(Cl)cc3)C23CC[C@@]1(CC)O3. The molecule has 1 aromatic carbocycles. The van der Waals surface area contributed by atoms with Crippen LogP contribution in [0.1, 0.15) is 52.9 Å². The number of aliphatic hydroxyl groups excluding tert-OH is 1. The van der Waals surface area contributed by atoms with Crippen molar-refractivity contribution in [3.8, 4) is 0 Å². The van der Waals surface area contributed by atoms with Crippen molar-refractivity contribution in [3.05, 3.63) is 29.3 Å². The molecule has 0 saturated carbocycles. The van der Waals surface area contributed by atoms with E-state index in [9.17, 15) is 19.5 Å². The first-order valence-electron chi connectivity index (χ1n) is 12.3. The van der Waals surface area contributed by atoms with E-state index in [2.05, 4.69) is 10.6 Å². The number of nitrogens with zero attached hydrogens (tertiary/aromatic N) is 1. The Morgan fingerprint density at radius 1 is 1.21 bits per heavy atom. The third-order valence-corrected chi connectivity index (χ3v) is 8.14. The number of aliphatic hydroxyl groups is 1. The smallest absolute Gasteiger partial charge is 0.250 e. The van der Waals surface area contributed by atoms with Gasteiger partial charge in [0.25, 0.3) is 0 Å². The first kappa shape index (κ1) is 24.9. The molecule has 3 aliphatic heterocycles. The van der Waals surface area contributed by atoms with Gasteiger partial charge in [-0.05, 0) is 56.4 Å². The van der Waals surface area contributed by atoms with E-state index >= 15 is 0 Å². The van der Waals surface area contributed by atoms with Gasteiger partial charge in [-0.2, -0.15) is 0 Å². The summed E-state index contributed by atoms with van der Waals surface area (Å²) in [5, 5.41) is 16.5. The van der Waals surface area contributed by atoms with Gasteiger partial charge in [0.2, 0.25) is 17.7 Å². The molecular weight excluding hydrogens is 458 g/mol. The molecule has 0 radical (unpaired) electrons. The Bertz CT molecular complexity index is 952. The van der Waals surface area contributed by atoms with Crippen LogP contribution in [-0.2, 0) is 19.1 Å². The zero-order valence-corrected chi connectivity index (χ0v) is 20.7. The highest BCUT2D eigenvalue weighted by Gasteiger charge is 2.79. The van der Waals surface area contributed by atoms with Gasteiger partial charge >= 0.3 is 0 Å². The van der Waals surface area contributed by atoms with E-state index < -0.39 is 35.1 Å². The zero-order valence-electron chi connectivity index (χ0n) is 20.0. The molecule has 1 spiro atoms. The fourth-order valence-electron chi connectivity index (χ4n) is 6.26. The lowest BCUT2D eigenvalue weighted by atomic mass is 9.65. The normalized spacial score (nSPS) is 32.6. The molecule has 8 nitrogen and oxygen atoms in total. The number of benzene rings is 1. The van der Waals surface area contributed by atoms with Gasteiger partial charge in [0.15, 0.2) is 0 Å². The van der Waals surface area contributed by atoms with Gasteiger partial charge in [0, 0.05) is 17.3 Å². The fourth-order valence-corrected chi connectivity index (χ4v) is 6.39. The molecule has 3 N–H and O–H groups in total. The molecule has 1 aromatic rings. The molecule has 2 bridgehead atoms. The van der Waals surface area contributed by atoms with Crippen molar-refractivity contribution in [2.24, 2.45) is 11.8 Å². The molecule has 3 aliphatic rings. The maximum absolute atomic E-state index is 13.9. The second kappa shape index (κ2) is 9.47. The number of carbonyl (C=O) groups excluding carboxylic acids is 3. The van der Waals surface area contributed by atoms with Gasteiger partial charge in [0.05, 0.1) is 30.1 Å². The van der Waals surface area contributed by atoms with Gasteiger partial charge in [-0.15, -0.1) is 0 Å². The summed E-state index contributed by atoms with van der Waals surface area (Å²) in [5.74, 6) is -2.30. The minimum atomic E-state index is -1.11. The number of likely N-dealkylation sites (tertiary alicyclic amines) is 1. The van der Waals surface area contributed by atoms with Crippen molar-refractivity contribution in [2.45, 2.75) is 76.2 Å². The van der Waals surface area contributed by atoms with Crippen LogP contribution >= 0.6 is 11.6 Å². The van der Waals surface area contributed by atoms with Gasteiger partial charge in [-0.3, -0.25) is 14.4 Å². The second-order valence-electron chi connectivity index (χ2n) is 9.61. The number of ether oxygens (including phenoxy) is 1. The molecule has 0 aliphatic carbocycles. The summed E-state index contributed by atoms with van der Waals surface area (Å²) in [7, 11) is 0. The van der Waals surface area contributed by atoms with Crippen molar-refractivity contribution < 1.29 is 24.2 Å². The summed E-state index contributed by atoms with van der Waals surface area (Å²) >= 11 is 5.98. The average molecular weight is 492 g/mol. The monoisotopic (exact) mass is 491 g/mol. The van der Waals surface area contributed by atoms with Crippen molar-refractivity contribution in [3.63, 3.8) is 0 Å². The van der Waals surface area contributed by atoms with Crippen LogP contribution in [0.3, 0.4) is 0 Å². The van der Waals surface area contributed by atoms with E-state index in [4.69, 9.17) is 16.3 Å². The highest BCUT2D eigenvalue weighted by Crippen LogP contribution is 2.64. The number of fused-ring (bicyclic) bond motifs is 1. The molecule has 6 atom stereocenters. The first-order chi connectivity index (χ1) is 16.3. The van der Waals surface area contributed by atoms with E-state index in [-0.39, 0.29) is 24.3 Å². The van der Waals surface area contributed by atoms with Crippen molar-refractivity contribution in [2.75, 3.05) is 18.5 Å². The highest BCUT2D eigenvalue weighted by atomic mass is 35.5. The van der Waals surface area contributed by atoms with Crippen LogP contribution in [0.2, 0.25) is 5.02 Å². The van der Waals surface area contributed by atoms with Crippen molar-refractivity contribution in [1.82, 2.24) is 10.2 Å². The molecule has 4 rings (SSSR count). The van der Waals surface area contributed by atoms with Gasteiger partial charge < -0.3 is 25.4 Å². The quantitative estimate of drug-likeness (QED) is 0.492. The molecule has 3 heterocycles. The van der Waals surface area contributed by atoms with Crippen LogP contribution in [0.5, 0.6) is 0 Å². The minimum Gasteiger partial charge on any atom is -0.394 e. The minimum absolute atomic E-state index is 0.195. The Kier molecular flexibility index (Phi) is 6.95. The third kappa shape index (κ3) is 3.71. The molecule has 9 heteroatoms. The Balaban J connectivity index is 1.76. The largest absolute Gasteiger partial charge is 0.394 e. The van der Waals surface area contributed by atoms with E-state index in [1.165, 1.54) is 4.90 Å². The second-order valence-corrected chi connectivity index (χ2v) is 10.0. The molecule has 0 aromatic heterocycles. The van der Waals surface area contributed by atoms with Crippen LogP contribution in [0.25, 0.3) is 0 Å². The Labute approximate surface area is 205 Å². The Morgan fingerprint density at radius 3 is 2.50 bits per heavy atom. The first-order valence-corrected chi connectivity index (χ1v) is 12.6. The standard InChI is InChI=1S/C25H34ClN3O5/c1-4-13-27-21(31)18-19-23(33)29(17(5-2)14-30)20(25(19)12-11-24(18,6-3)34-25)22(32)28-16-9-7-15(26)8-10-16/h7-10,17-20,30H,4-6,11-14H2,1-3H3,(H,27,31)(H,28,32)/t17-,18-,19-,20?,24+,25?/m0/s1. The van der Waals surface area contributed by atoms with E-state index in [1.807, 2.05) is 20.8 Å². The van der Waals surface area contributed by atoms with Crippen LogP contribution in [0, 0.1) is 11.8 Å². The number of amides is 3. The van der Waals surface area contributed by atoms with Crippen LogP contribution in [0.15, 0.2) is 24.3 Å². The van der Waals surface area contributed by atoms with Crippen LogP contribution < -0.4 is 10.6 Å². The lowest BCUT2D eigenvalue weighted by molar-refractivity contribution is -0.149. The number of anilines is 1. The van der Waals surface area contributed by atoms with Crippen molar-refractivity contribution in [1.29, 1.82) is 0 Å². The van der Waals surface area contributed by atoms with Crippen molar-refractivity contribution >= 4 is 35.0 Å². The predicted molar refractivity (Wildman–Crippen MR) is 128 cm³/mol. The lowest BCUT2D eigenvalue weighted by Crippen LogP contribution is -2.56. The number of hydrogen-bond acceptors (Lipinski definition) is 5. The Morgan fingerprint density at radius 2 is 1.91 bits per heavy atom. The number of carbonyl (C=O) groups is 3. The van der Waals surface area contributed by atoms with E-state index in [1.54, 1.807) is 24.3 Å². The number of rotatable bonds is 9. The topological polar surface area (TPSA) is 108 Å². The summed E-state index contributed by atoms with van der Waals surface area (Å²) in [4.78, 5) is 42.5. The average Bonchev–Trinajstić information content (AvgIpc) is 3.44. The van der Waals surface area contributed by atoms with Gasteiger partial charge in [-0.25, -0.2) is 0 Å². The summed E-state index contributed by atoms with van der Waals surface area (Å²) in [6.45, 7) is 6.04. The van der Waals surface area contributed by atoms with Crippen LogP contribution in [0.4, 0.5) is 5.69 Å². The van der Waals surface area contributed by atoms with Crippen LogP contribution in [-0.4, -0.2) is 64.2 Å². The van der Waals surface area contributed by atoms with E-state index in [0.717, 1.165) is 6.42 Å². The summed E-state index contributed by atoms with van der Waals surface area (Å²) < 4.78 is 6.68. The molecule has 3 saturated heterocycles. The molecule has 3 amide bonds. The molecule has 3 fully saturated rings. The maximum atomic E-state index is 13.9. The summed E-state index contributed by atoms with van der Waals surface area (Å²) in [6, 6.07) is 5.25. The number of hydrogen-bond donors (Lipinski definition) is 3. The highest BCUT2D eigenvalue weighted by molar-refractivity contribution is 6.30. The zero-order chi connectivity index (χ0) is 24.7. The molecule has 186 valence electrons. The number of halogens is 1. The summed E-state index contributed by atoms with van der Waals surface area (Å²) in [6.07, 6.45) is 2.94. The third-order valence-electron chi connectivity index (χ3n) is 7.89. The van der Waals surface area contributed by atoms with Gasteiger partial charge in [0.1, 0.15) is 11.6 Å². The maximum Gasteiger partial charge on any atom is 0.250 e. The Hall–Kier alpha value is -2.16. The fraction of sp³-hybridized carbons (Fsp3) is 0.640.